The molecule has 0 saturated carbocycles. The van der Waals surface area contributed by atoms with Gasteiger partial charge in [-0.15, -0.1) is 0 Å². The Labute approximate surface area is 136 Å². The molecule has 0 spiro atoms. The van der Waals surface area contributed by atoms with E-state index in [4.69, 9.17) is 9.26 Å². The van der Waals surface area contributed by atoms with Gasteiger partial charge in [0.05, 0.1) is 12.8 Å². The van der Waals surface area contributed by atoms with Gasteiger partial charge in [-0.1, -0.05) is 17.3 Å². The number of hydrogen-bond donors (Lipinski definition) is 1. The van der Waals surface area contributed by atoms with Gasteiger partial charge in [0, 0.05) is 18.7 Å². The second-order valence-electron chi connectivity index (χ2n) is 6.43. The van der Waals surface area contributed by atoms with E-state index >= 15 is 0 Å². The molecule has 23 heavy (non-hydrogen) atoms. The first-order valence-corrected chi connectivity index (χ1v) is 8.04. The first-order chi connectivity index (χ1) is 11.0. The van der Waals surface area contributed by atoms with E-state index in [9.17, 15) is 5.11 Å². The van der Waals surface area contributed by atoms with Crippen LogP contribution >= 0.6 is 0 Å². The fourth-order valence-electron chi connectivity index (χ4n) is 3.47. The molecule has 1 saturated heterocycles. The van der Waals surface area contributed by atoms with Gasteiger partial charge in [0.2, 0.25) is 0 Å². The van der Waals surface area contributed by atoms with E-state index in [-0.39, 0.29) is 6.04 Å². The Morgan fingerprint density at radius 3 is 2.74 bits per heavy atom. The van der Waals surface area contributed by atoms with Crippen LogP contribution in [0.15, 0.2) is 34.9 Å². The van der Waals surface area contributed by atoms with Crippen molar-refractivity contribution in [2.24, 2.45) is 0 Å². The molecule has 0 amide bonds. The largest absolute Gasteiger partial charge is 0.497 e. The van der Waals surface area contributed by atoms with Crippen LogP contribution in [0.3, 0.4) is 0 Å². The summed E-state index contributed by atoms with van der Waals surface area (Å²) in [7, 11) is 1.64. The second-order valence-corrected chi connectivity index (χ2v) is 6.43. The van der Waals surface area contributed by atoms with Gasteiger partial charge in [-0.3, -0.25) is 4.90 Å². The highest BCUT2D eigenvalue weighted by atomic mass is 16.5. The highest BCUT2D eigenvalue weighted by molar-refractivity contribution is 5.31. The predicted octanol–water partition coefficient (Wildman–Crippen LogP) is 2.86. The van der Waals surface area contributed by atoms with Gasteiger partial charge in [0.1, 0.15) is 17.1 Å². The zero-order valence-corrected chi connectivity index (χ0v) is 14.0. The number of nitrogens with zero attached hydrogens (tertiary/aromatic N) is 2. The van der Waals surface area contributed by atoms with E-state index in [1.54, 1.807) is 7.11 Å². The van der Waals surface area contributed by atoms with E-state index < -0.39 is 5.60 Å². The molecule has 5 heteroatoms. The molecular weight excluding hydrogens is 292 g/mol. The topological polar surface area (TPSA) is 58.7 Å². The van der Waals surface area contributed by atoms with Crippen LogP contribution in [0.2, 0.25) is 0 Å². The normalized spacial score (nSPS) is 21.3. The first kappa shape index (κ1) is 16.0. The molecule has 0 aliphatic carbocycles. The monoisotopic (exact) mass is 316 g/mol. The summed E-state index contributed by atoms with van der Waals surface area (Å²) in [5, 5.41) is 15.3. The summed E-state index contributed by atoms with van der Waals surface area (Å²) in [4.78, 5) is 2.29. The minimum atomic E-state index is -0.915. The Kier molecular flexibility index (Phi) is 4.41. The molecule has 0 radical (unpaired) electrons. The lowest BCUT2D eigenvalue weighted by Crippen LogP contribution is -2.45. The molecule has 1 aliphatic heterocycles. The summed E-state index contributed by atoms with van der Waals surface area (Å²) >= 11 is 0. The Bertz CT molecular complexity index is 649. The van der Waals surface area contributed by atoms with Gasteiger partial charge in [-0.25, -0.2) is 0 Å². The van der Waals surface area contributed by atoms with Crippen LogP contribution in [-0.2, 0) is 12.1 Å². The van der Waals surface area contributed by atoms with Crippen LogP contribution in [0.25, 0.3) is 0 Å². The van der Waals surface area contributed by atoms with Crippen molar-refractivity contribution in [3.05, 3.63) is 47.3 Å². The van der Waals surface area contributed by atoms with E-state index in [1.807, 2.05) is 44.2 Å². The minimum Gasteiger partial charge on any atom is -0.497 e. The quantitative estimate of drug-likeness (QED) is 0.919. The molecule has 3 rings (SSSR count). The lowest BCUT2D eigenvalue weighted by atomic mass is 9.86. The fraction of sp³-hybridized carbons (Fsp3) is 0.500. The standard InChI is InChI=1S/C18H24N2O3/c1-13-11-15(19-23-13)12-20-10-4-5-17(20)18(2,21)14-6-8-16(22-3)9-7-14/h6-9,11,17,21H,4-5,10,12H2,1-3H3/t17-,18-/m0/s1. The summed E-state index contributed by atoms with van der Waals surface area (Å²) < 4.78 is 10.4. The van der Waals surface area contributed by atoms with Crippen LogP contribution in [0.1, 0.15) is 36.8 Å². The van der Waals surface area contributed by atoms with Crippen molar-refractivity contribution in [1.29, 1.82) is 0 Å². The molecule has 1 aromatic heterocycles. The van der Waals surface area contributed by atoms with E-state index in [0.717, 1.165) is 42.2 Å². The Morgan fingerprint density at radius 2 is 2.13 bits per heavy atom. The summed E-state index contributed by atoms with van der Waals surface area (Å²) in [6.07, 6.45) is 2.05. The summed E-state index contributed by atoms with van der Waals surface area (Å²) in [5.74, 6) is 1.61. The molecule has 5 nitrogen and oxygen atoms in total. The molecule has 1 aliphatic rings. The number of aliphatic hydroxyl groups is 1. The molecule has 1 aromatic carbocycles. The fourth-order valence-corrected chi connectivity index (χ4v) is 3.47. The number of methoxy groups -OCH3 is 1. The predicted molar refractivity (Wildman–Crippen MR) is 87.2 cm³/mol. The zero-order valence-electron chi connectivity index (χ0n) is 14.0. The molecule has 2 heterocycles. The average molecular weight is 316 g/mol. The third-order valence-electron chi connectivity index (χ3n) is 4.73. The first-order valence-electron chi connectivity index (χ1n) is 8.04. The van der Waals surface area contributed by atoms with Crippen LogP contribution in [-0.4, -0.2) is 34.9 Å². The molecule has 1 fully saturated rings. The highest BCUT2D eigenvalue weighted by Crippen LogP contribution is 2.36. The average Bonchev–Trinajstić information content (AvgIpc) is 3.17. The van der Waals surface area contributed by atoms with Gasteiger partial charge in [0.15, 0.2) is 0 Å². The number of likely N-dealkylation sites (tertiary alicyclic amines) is 1. The van der Waals surface area contributed by atoms with Gasteiger partial charge in [0.25, 0.3) is 0 Å². The summed E-state index contributed by atoms with van der Waals surface area (Å²) in [6.45, 7) is 5.45. The van der Waals surface area contributed by atoms with Crippen molar-refractivity contribution in [3.63, 3.8) is 0 Å². The van der Waals surface area contributed by atoms with Gasteiger partial charge >= 0.3 is 0 Å². The van der Waals surface area contributed by atoms with E-state index in [0.29, 0.717) is 6.54 Å². The van der Waals surface area contributed by atoms with Crippen molar-refractivity contribution in [3.8, 4) is 5.75 Å². The molecule has 2 atom stereocenters. The van der Waals surface area contributed by atoms with Crippen molar-refractivity contribution in [2.45, 2.75) is 44.9 Å². The maximum absolute atomic E-state index is 11.2. The number of benzene rings is 1. The Morgan fingerprint density at radius 1 is 1.39 bits per heavy atom. The number of aryl methyl sites for hydroxylation is 1. The number of hydrogen-bond acceptors (Lipinski definition) is 5. The Hall–Kier alpha value is -1.85. The number of rotatable bonds is 5. The molecule has 0 bridgehead atoms. The summed E-state index contributed by atoms with van der Waals surface area (Å²) in [5.41, 5.74) is 0.910. The lowest BCUT2D eigenvalue weighted by Gasteiger charge is -2.36. The van der Waals surface area contributed by atoms with Crippen molar-refractivity contribution < 1.29 is 14.4 Å². The lowest BCUT2D eigenvalue weighted by molar-refractivity contribution is -0.0259. The minimum absolute atomic E-state index is 0.0629. The molecule has 124 valence electrons. The molecule has 1 N–H and O–H groups in total. The van der Waals surface area contributed by atoms with Crippen LogP contribution in [0.5, 0.6) is 5.75 Å². The van der Waals surface area contributed by atoms with E-state index in [1.165, 1.54) is 0 Å². The van der Waals surface area contributed by atoms with E-state index in [2.05, 4.69) is 10.1 Å². The van der Waals surface area contributed by atoms with Crippen molar-refractivity contribution >= 4 is 0 Å². The highest BCUT2D eigenvalue weighted by Gasteiger charge is 2.40. The number of aromatic nitrogens is 1. The maximum atomic E-state index is 11.2. The second kappa shape index (κ2) is 6.34. The van der Waals surface area contributed by atoms with Gasteiger partial charge < -0.3 is 14.4 Å². The molecular formula is C18H24N2O3. The maximum Gasteiger partial charge on any atom is 0.133 e. The third kappa shape index (κ3) is 3.26. The van der Waals surface area contributed by atoms with Gasteiger partial charge in [-0.2, -0.15) is 0 Å². The van der Waals surface area contributed by atoms with Crippen LogP contribution in [0, 0.1) is 6.92 Å². The Balaban J connectivity index is 1.79. The molecule has 2 aromatic rings. The van der Waals surface area contributed by atoms with Crippen LogP contribution in [0.4, 0.5) is 0 Å². The van der Waals surface area contributed by atoms with Gasteiger partial charge in [-0.05, 0) is 50.9 Å². The smallest absolute Gasteiger partial charge is 0.133 e. The summed E-state index contributed by atoms with van der Waals surface area (Å²) in [6, 6.07) is 9.68. The third-order valence-corrected chi connectivity index (χ3v) is 4.73. The van der Waals surface area contributed by atoms with Crippen molar-refractivity contribution in [1.82, 2.24) is 10.1 Å². The zero-order chi connectivity index (χ0) is 16.4. The molecule has 0 unspecified atom stereocenters. The van der Waals surface area contributed by atoms with Crippen molar-refractivity contribution in [2.75, 3.05) is 13.7 Å². The van der Waals surface area contributed by atoms with Crippen LogP contribution < -0.4 is 4.74 Å². The SMILES string of the molecule is COc1ccc([C@](C)(O)[C@@H]2CCCN2Cc2cc(C)on2)cc1. The number of ether oxygens (including phenoxy) is 1.